The van der Waals surface area contributed by atoms with E-state index in [9.17, 15) is 14.4 Å². The van der Waals surface area contributed by atoms with Crippen molar-refractivity contribution in [3.05, 3.63) is 71.0 Å². The molecule has 6 nitrogen and oxygen atoms in total. The topological polar surface area (TPSA) is 79.6 Å². The summed E-state index contributed by atoms with van der Waals surface area (Å²) < 4.78 is 5.09. The van der Waals surface area contributed by atoms with Gasteiger partial charge in [-0.25, -0.2) is 0 Å². The van der Waals surface area contributed by atoms with Crippen LogP contribution in [0.2, 0.25) is 0 Å². The van der Waals surface area contributed by atoms with Crippen LogP contribution in [-0.4, -0.2) is 35.0 Å². The Balaban J connectivity index is 1.52. The zero-order valence-electron chi connectivity index (χ0n) is 13.8. The highest BCUT2D eigenvalue weighted by atomic mass is 32.2. The van der Waals surface area contributed by atoms with Crippen molar-refractivity contribution in [2.24, 2.45) is 0 Å². The van der Waals surface area contributed by atoms with Gasteiger partial charge in [-0.3, -0.25) is 19.3 Å². The number of nitrogens with zero attached hydrogens (tertiary/aromatic N) is 1. The van der Waals surface area contributed by atoms with E-state index in [1.807, 2.05) is 30.3 Å². The standard InChI is InChI=1S/C19H16N2O4S/c22-17(9-8-15-7-4-12-25-15)20-10-11-21-18(23)16(26-19(21)24)13-14-5-2-1-3-6-14/h1-9,12-13H,10-11H2,(H,20,22)/b9-8+,16-13-. The van der Waals surface area contributed by atoms with Crippen LogP contribution in [-0.2, 0) is 9.59 Å². The van der Waals surface area contributed by atoms with Crippen molar-refractivity contribution >= 4 is 41.0 Å². The summed E-state index contributed by atoms with van der Waals surface area (Å²) >= 11 is 0.903. The highest BCUT2D eigenvalue weighted by Gasteiger charge is 2.34. The molecule has 0 unspecified atom stereocenters. The molecule has 3 amide bonds. The second kappa shape index (κ2) is 8.35. The molecule has 2 aromatic rings. The van der Waals surface area contributed by atoms with Gasteiger partial charge in [0.2, 0.25) is 5.91 Å². The summed E-state index contributed by atoms with van der Waals surface area (Å²) in [7, 11) is 0. The van der Waals surface area contributed by atoms with E-state index in [1.54, 1.807) is 18.2 Å². The molecule has 1 aromatic carbocycles. The first-order chi connectivity index (χ1) is 12.6. The fourth-order valence-corrected chi connectivity index (χ4v) is 3.15. The van der Waals surface area contributed by atoms with Crippen molar-refractivity contribution in [1.82, 2.24) is 10.2 Å². The number of hydrogen-bond donors (Lipinski definition) is 1. The molecule has 0 saturated carbocycles. The zero-order valence-corrected chi connectivity index (χ0v) is 14.6. The van der Waals surface area contributed by atoms with E-state index < -0.39 is 0 Å². The fraction of sp³-hybridized carbons (Fsp3) is 0.105. The first kappa shape index (κ1) is 17.8. The van der Waals surface area contributed by atoms with Crippen LogP contribution in [0.15, 0.2) is 64.1 Å². The predicted molar refractivity (Wildman–Crippen MR) is 99.9 cm³/mol. The molecule has 132 valence electrons. The number of amides is 3. The minimum atomic E-state index is -0.343. The lowest BCUT2D eigenvalue weighted by atomic mass is 10.2. The molecule has 3 rings (SSSR count). The Labute approximate surface area is 154 Å². The number of rotatable bonds is 6. The van der Waals surface area contributed by atoms with Crippen molar-refractivity contribution in [2.45, 2.75) is 0 Å². The third kappa shape index (κ3) is 4.52. The molecule has 1 N–H and O–H groups in total. The quantitative estimate of drug-likeness (QED) is 0.793. The number of hydrogen-bond acceptors (Lipinski definition) is 5. The Morgan fingerprint density at radius 1 is 1.15 bits per heavy atom. The molecule has 1 fully saturated rings. The molecule has 7 heteroatoms. The third-order valence-corrected chi connectivity index (χ3v) is 4.46. The van der Waals surface area contributed by atoms with Gasteiger partial charge in [0.1, 0.15) is 5.76 Å². The lowest BCUT2D eigenvalue weighted by molar-refractivity contribution is -0.123. The van der Waals surface area contributed by atoms with Crippen LogP contribution in [0, 0.1) is 0 Å². The minimum absolute atomic E-state index is 0.122. The van der Waals surface area contributed by atoms with Crippen LogP contribution >= 0.6 is 11.8 Å². The molecule has 1 saturated heterocycles. The molecule has 2 heterocycles. The Kier molecular flexibility index (Phi) is 5.70. The van der Waals surface area contributed by atoms with E-state index in [1.165, 1.54) is 18.4 Å². The SMILES string of the molecule is O=C(/C=C/c1ccco1)NCCN1C(=O)S/C(=C\c2ccccc2)C1=O. The van der Waals surface area contributed by atoms with Crippen molar-refractivity contribution in [3.8, 4) is 0 Å². The fourth-order valence-electron chi connectivity index (χ4n) is 2.29. The number of imide groups is 1. The van der Waals surface area contributed by atoms with Gasteiger partial charge in [0, 0.05) is 19.2 Å². The summed E-state index contributed by atoms with van der Waals surface area (Å²) in [5.74, 6) is -0.102. The Morgan fingerprint density at radius 2 is 1.96 bits per heavy atom. The van der Waals surface area contributed by atoms with Crippen LogP contribution in [0.25, 0.3) is 12.2 Å². The molecular formula is C19H16N2O4S. The summed E-state index contributed by atoms with van der Waals surface area (Å²) in [6.07, 6.45) is 6.08. The summed E-state index contributed by atoms with van der Waals surface area (Å²) in [6.45, 7) is 0.301. The smallest absolute Gasteiger partial charge is 0.293 e. The molecule has 1 aliphatic heterocycles. The van der Waals surface area contributed by atoms with Gasteiger partial charge in [-0.1, -0.05) is 30.3 Å². The highest BCUT2D eigenvalue weighted by Crippen LogP contribution is 2.31. The predicted octanol–water partition coefficient (Wildman–Crippen LogP) is 3.15. The third-order valence-electron chi connectivity index (χ3n) is 3.55. The second-order valence-electron chi connectivity index (χ2n) is 5.38. The van der Waals surface area contributed by atoms with Gasteiger partial charge in [-0.15, -0.1) is 0 Å². The van der Waals surface area contributed by atoms with Crippen LogP contribution in [0.4, 0.5) is 4.79 Å². The van der Waals surface area contributed by atoms with Gasteiger partial charge in [-0.05, 0) is 41.6 Å². The van der Waals surface area contributed by atoms with Crippen LogP contribution < -0.4 is 5.32 Å². The number of benzene rings is 1. The monoisotopic (exact) mass is 368 g/mol. The molecule has 0 radical (unpaired) electrons. The van der Waals surface area contributed by atoms with Gasteiger partial charge < -0.3 is 9.73 Å². The maximum Gasteiger partial charge on any atom is 0.293 e. The van der Waals surface area contributed by atoms with Gasteiger partial charge >= 0.3 is 0 Å². The highest BCUT2D eigenvalue weighted by molar-refractivity contribution is 8.18. The normalized spacial score (nSPS) is 16.0. The van der Waals surface area contributed by atoms with E-state index >= 15 is 0 Å². The largest absolute Gasteiger partial charge is 0.465 e. The molecule has 0 spiro atoms. The number of furan rings is 1. The lowest BCUT2D eigenvalue weighted by Gasteiger charge is -2.12. The van der Waals surface area contributed by atoms with E-state index in [-0.39, 0.29) is 30.1 Å². The number of nitrogens with one attached hydrogen (secondary N) is 1. The molecular weight excluding hydrogens is 352 g/mol. The van der Waals surface area contributed by atoms with Crippen LogP contribution in [0.5, 0.6) is 0 Å². The number of carbonyl (C=O) groups is 3. The first-order valence-corrected chi connectivity index (χ1v) is 8.75. The lowest BCUT2D eigenvalue weighted by Crippen LogP contribution is -2.36. The maximum absolute atomic E-state index is 12.4. The van der Waals surface area contributed by atoms with Crippen molar-refractivity contribution in [2.75, 3.05) is 13.1 Å². The van der Waals surface area contributed by atoms with Crippen molar-refractivity contribution in [3.63, 3.8) is 0 Å². The minimum Gasteiger partial charge on any atom is -0.465 e. The van der Waals surface area contributed by atoms with E-state index in [0.29, 0.717) is 10.7 Å². The Hall–Kier alpha value is -3.06. The van der Waals surface area contributed by atoms with Crippen LogP contribution in [0.3, 0.4) is 0 Å². The van der Waals surface area contributed by atoms with Crippen molar-refractivity contribution in [1.29, 1.82) is 0 Å². The number of thioether (sulfide) groups is 1. The van der Waals surface area contributed by atoms with Crippen LogP contribution in [0.1, 0.15) is 11.3 Å². The van der Waals surface area contributed by atoms with E-state index in [4.69, 9.17) is 4.42 Å². The molecule has 0 bridgehead atoms. The summed E-state index contributed by atoms with van der Waals surface area (Å²) in [6, 6.07) is 12.8. The second-order valence-corrected chi connectivity index (χ2v) is 6.38. The zero-order chi connectivity index (χ0) is 18.4. The Morgan fingerprint density at radius 3 is 2.69 bits per heavy atom. The number of carbonyl (C=O) groups excluding carboxylic acids is 3. The summed E-state index contributed by atoms with van der Waals surface area (Å²) in [5.41, 5.74) is 0.856. The molecule has 0 aliphatic carbocycles. The first-order valence-electron chi connectivity index (χ1n) is 7.93. The summed E-state index contributed by atoms with van der Waals surface area (Å²) in [4.78, 5) is 37.6. The molecule has 1 aromatic heterocycles. The molecule has 26 heavy (non-hydrogen) atoms. The Bertz CT molecular complexity index is 857. The summed E-state index contributed by atoms with van der Waals surface area (Å²) in [5, 5.41) is 2.30. The van der Waals surface area contributed by atoms with Gasteiger partial charge in [-0.2, -0.15) is 0 Å². The van der Waals surface area contributed by atoms with E-state index in [0.717, 1.165) is 22.2 Å². The average Bonchev–Trinajstić information content (AvgIpc) is 3.25. The maximum atomic E-state index is 12.4. The molecule has 1 aliphatic rings. The van der Waals surface area contributed by atoms with E-state index in [2.05, 4.69) is 5.32 Å². The average molecular weight is 368 g/mol. The molecule has 0 atom stereocenters. The van der Waals surface area contributed by atoms with Crippen molar-refractivity contribution < 1.29 is 18.8 Å². The van der Waals surface area contributed by atoms with Gasteiger partial charge in [0.15, 0.2) is 0 Å². The van der Waals surface area contributed by atoms with Gasteiger partial charge in [0.05, 0.1) is 11.2 Å². The van der Waals surface area contributed by atoms with Gasteiger partial charge in [0.25, 0.3) is 11.1 Å².